The first kappa shape index (κ1) is 17.2. The number of hydrogen-bond donors (Lipinski definition) is 1. The molecule has 0 fully saturated rings. The molecule has 0 aliphatic carbocycles. The van der Waals surface area contributed by atoms with E-state index < -0.39 is 11.4 Å². The van der Waals surface area contributed by atoms with Crippen molar-refractivity contribution in [1.82, 2.24) is 0 Å². The largest absolute Gasteiger partial charge is 0.425 e. The van der Waals surface area contributed by atoms with Crippen LogP contribution in [-0.4, -0.2) is 11.9 Å². The van der Waals surface area contributed by atoms with Crippen LogP contribution in [0.4, 0.5) is 5.69 Å². The van der Waals surface area contributed by atoms with Crippen LogP contribution >= 0.6 is 15.9 Å². The van der Waals surface area contributed by atoms with Gasteiger partial charge in [-0.2, -0.15) is 0 Å². The molecule has 0 atom stereocenters. The molecule has 23 heavy (non-hydrogen) atoms. The van der Waals surface area contributed by atoms with Gasteiger partial charge >= 0.3 is 5.97 Å². The summed E-state index contributed by atoms with van der Waals surface area (Å²) in [5.41, 5.74) is 0.307. The maximum absolute atomic E-state index is 12.5. The normalized spacial score (nSPS) is 11.0. The molecule has 0 bridgehead atoms. The van der Waals surface area contributed by atoms with Crippen molar-refractivity contribution >= 4 is 33.5 Å². The summed E-state index contributed by atoms with van der Waals surface area (Å²) in [5.74, 6) is -0.482. The number of para-hydroxylation sites is 2. The van der Waals surface area contributed by atoms with E-state index in [0.29, 0.717) is 11.3 Å². The molecule has 0 aliphatic heterocycles. The first-order valence-electron chi connectivity index (χ1n) is 7.16. The number of carbonyl (C=O) groups is 2. The smallest absolute Gasteiger partial charge is 0.316 e. The van der Waals surface area contributed by atoms with Crippen LogP contribution in [0.3, 0.4) is 0 Å². The van der Waals surface area contributed by atoms with Gasteiger partial charge in [-0.3, -0.25) is 9.59 Å². The fourth-order valence-corrected chi connectivity index (χ4v) is 2.13. The van der Waals surface area contributed by atoms with Gasteiger partial charge in [-0.1, -0.05) is 24.3 Å². The highest BCUT2D eigenvalue weighted by Gasteiger charge is 2.25. The third-order valence-corrected chi connectivity index (χ3v) is 3.76. The fraction of sp³-hybridized carbons (Fsp3) is 0.222. The highest BCUT2D eigenvalue weighted by molar-refractivity contribution is 9.10. The Labute approximate surface area is 144 Å². The van der Waals surface area contributed by atoms with Gasteiger partial charge in [0.25, 0.3) is 5.91 Å². The van der Waals surface area contributed by atoms with Crippen molar-refractivity contribution in [3.05, 3.63) is 58.6 Å². The molecule has 1 N–H and O–H groups in total. The predicted octanol–water partition coefficient (Wildman–Crippen LogP) is 4.65. The standard InChI is InChI=1S/C18H18BrNO3/c1-18(2,3)17(22)23-15-11-7-4-8-12(15)16(21)20-14-10-6-5-9-13(14)19/h4-11H,1-3H3,(H,20,21). The van der Waals surface area contributed by atoms with Crippen LogP contribution < -0.4 is 10.1 Å². The van der Waals surface area contributed by atoms with Gasteiger partial charge in [-0.05, 0) is 61.0 Å². The molecule has 120 valence electrons. The van der Waals surface area contributed by atoms with E-state index in [1.807, 2.05) is 18.2 Å². The monoisotopic (exact) mass is 375 g/mol. The molecule has 1 amide bonds. The van der Waals surface area contributed by atoms with E-state index in [-0.39, 0.29) is 11.7 Å². The number of anilines is 1. The van der Waals surface area contributed by atoms with E-state index in [1.165, 1.54) is 0 Å². The minimum absolute atomic E-state index is 0.247. The molecule has 0 aromatic heterocycles. The van der Waals surface area contributed by atoms with E-state index >= 15 is 0 Å². The van der Waals surface area contributed by atoms with Crippen LogP contribution in [-0.2, 0) is 4.79 Å². The minimum atomic E-state index is -0.647. The number of ether oxygens (including phenoxy) is 1. The Morgan fingerprint density at radius 3 is 2.26 bits per heavy atom. The summed E-state index contributed by atoms with van der Waals surface area (Å²) in [7, 11) is 0. The molecule has 0 saturated heterocycles. The van der Waals surface area contributed by atoms with Crippen molar-refractivity contribution in [2.24, 2.45) is 5.41 Å². The van der Waals surface area contributed by atoms with Crippen molar-refractivity contribution in [3.63, 3.8) is 0 Å². The second kappa shape index (κ2) is 6.96. The zero-order chi connectivity index (χ0) is 17.0. The van der Waals surface area contributed by atoms with Crippen LogP contribution in [0.2, 0.25) is 0 Å². The van der Waals surface area contributed by atoms with Gasteiger partial charge < -0.3 is 10.1 Å². The third-order valence-electron chi connectivity index (χ3n) is 3.07. The van der Waals surface area contributed by atoms with Gasteiger partial charge in [-0.15, -0.1) is 0 Å². The SMILES string of the molecule is CC(C)(C)C(=O)Oc1ccccc1C(=O)Nc1ccccc1Br. The van der Waals surface area contributed by atoms with Gasteiger partial charge in [0.1, 0.15) is 5.75 Å². The quantitative estimate of drug-likeness (QED) is 0.627. The number of hydrogen-bond acceptors (Lipinski definition) is 3. The Morgan fingerprint density at radius 1 is 1.00 bits per heavy atom. The van der Waals surface area contributed by atoms with Gasteiger partial charge in [0, 0.05) is 4.47 Å². The lowest BCUT2D eigenvalue weighted by atomic mass is 9.97. The van der Waals surface area contributed by atoms with Crippen LogP contribution in [0.25, 0.3) is 0 Å². The van der Waals surface area contributed by atoms with Crippen molar-refractivity contribution in [1.29, 1.82) is 0 Å². The molecular weight excluding hydrogens is 358 g/mol. The maximum atomic E-state index is 12.5. The molecule has 2 aromatic rings. The summed E-state index contributed by atoms with van der Waals surface area (Å²) < 4.78 is 6.16. The summed E-state index contributed by atoms with van der Waals surface area (Å²) in [4.78, 5) is 24.6. The fourth-order valence-electron chi connectivity index (χ4n) is 1.75. The lowest BCUT2D eigenvalue weighted by Gasteiger charge is -2.18. The molecule has 4 nitrogen and oxygen atoms in total. The molecule has 0 radical (unpaired) electrons. The third kappa shape index (κ3) is 4.42. The van der Waals surface area contributed by atoms with E-state index in [9.17, 15) is 9.59 Å². The number of benzene rings is 2. The van der Waals surface area contributed by atoms with Crippen molar-refractivity contribution in [2.75, 3.05) is 5.32 Å². The van der Waals surface area contributed by atoms with Gasteiger partial charge in [0.15, 0.2) is 0 Å². The maximum Gasteiger partial charge on any atom is 0.316 e. The van der Waals surface area contributed by atoms with Crippen LogP contribution in [0.1, 0.15) is 31.1 Å². The Hall–Kier alpha value is -2.14. The number of esters is 1. The topological polar surface area (TPSA) is 55.4 Å². The van der Waals surface area contributed by atoms with Crippen molar-refractivity contribution in [3.8, 4) is 5.75 Å². The van der Waals surface area contributed by atoms with Crippen LogP contribution in [0.5, 0.6) is 5.75 Å². The van der Waals surface area contributed by atoms with Crippen molar-refractivity contribution < 1.29 is 14.3 Å². The Balaban J connectivity index is 2.25. The zero-order valence-electron chi connectivity index (χ0n) is 13.2. The first-order chi connectivity index (χ1) is 10.8. The Kier molecular flexibility index (Phi) is 5.21. The summed E-state index contributed by atoms with van der Waals surface area (Å²) in [6.07, 6.45) is 0. The van der Waals surface area contributed by atoms with Gasteiger partial charge in [0.05, 0.1) is 16.7 Å². The molecule has 0 spiro atoms. The van der Waals surface area contributed by atoms with E-state index in [1.54, 1.807) is 51.1 Å². The van der Waals surface area contributed by atoms with Gasteiger partial charge in [0.2, 0.25) is 0 Å². The number of nitrogens with one attached hydrogen (secondary N) is 1. The molecule has 0 aliphatic rings. The molecule has 0 unspecified atom stereocenters. The summed E-state index contributed by atoms with van der Waals surface area (Å²) in [5, 5.41) is 2.80. The number of amides is 1. The van der Waals surface area contributed by atoms with E-state index in [4.69, 9.17) is 4.74 Å². The van der Waals surface area contributed by atoms with Crippen LogP contribution in [0, 0.1) is 5.41 Å². The zero-order valence-corrected chi connectivity index (χ0v) is 14.8. The van der Waals surface area contributed by atoms with E-state index in [0.717, 1.165) is 4.47 Å². The predicted molar refractivity (Wildman–Crippen MR) is 93.6 cm³/mol. The Bertz CT molecular complexity index is 735. The minimum Gasteiger partial charge on any atom is -0.425 e. The average Bonchev–Trinajstić information content (AvgIpc) is 2.49. The van der Waals surface area contributed by atoms with Crippen molar-refractivity contribution in [2.45, 2.75) is 20.8 Å². The average molecular weight is 376 g/mol. The second-order valence-electron chi connectivity index (χ2n) is 6.07. The molecular formula is C18H18BrNO3. The number of carbonyl (C=O) groups excluding carboxylic acids is 2. The number of halogens is 1. The summed E-state index contributed by atoms with van der Waals surface area (Å²) in [6, 6.07) is 14.0. The van der Waals surface area contributed by atoms with Gasteiger partial charge in [-0.25, -0.2) is 0 Å². The molecule has 0 heterocycles. The van der Waals surface area contributed by atoms with Crippen LogP contribution in [0.15, 0.2) is 53.0 Å². The highest BCUT2D eigenvalue weighted by Crippen LogP contribution is 2.26. The lowest BCUT2D eigenvalue weighted by Crippen LogP contribution is -2.26. The highest BCUT2D eigenvalue weighted by atomic mass is 79.9. The second-order valence-corrected chi connectivity index (χ2v) is 6.92. The molecule has 5 heteroatoms. The lowest BCUT2D eigenvalue weighted by molar-refractivity contribution is -0.143. The first-order valence-corrected chi connectivity index (χ1v) is 7.95. The number of rotatable bonds is 3. The molecule has 2 aromatic carbocycles. The molecule has 2 rings (SSSR count). The summed E-state index contributed by atoms with van der Waals surface area (Å²) in [6.45, 7) is 5.29. The van der Waals surface area contributed by atoms with E-state index in [2.05, 4.69) is 21.2 Å². The Morgan fingerprint density at radius 2 is 1.61 bits per heavy atom. The summed E-state index contributed by atoms with van der Waals surface area (Å²) >= 11 is 3.38. The molecule has 0 saturated carbocycles.